The van der Waals surface area contributed by atoms with Crippen LogP contribution in [-0.2, 0) is 30.5 Å². The van der Waals surface area contributed by atoms with E-state index < -0.39 is 0 Å². The maximum atomic E-state index is 13.1. The van der Waals surface area contributed by atoms with Gasteiger partial charge in [-0.3, -0.25) is 4.79 Å². The topological polar surface area (TPSA) is 88.0 Å². The SMILES string of the molecule is CCCOc1c2cccc1Cc1cc(Br)cc(c1O)Cc1cccc(c1OCC(=O)N[C@H](C)c1ccccc1)Cc1cccc(c1O)C2. The van der Waals surface area contributed by atoms with Gasteiger partial charge in [0.25, 0.3) is 5.91 Å². The molecule has 1 aliphatic carbocycles. The molecule has 0 fully saturated rings. The highest BCUT2D eigenvalue weighted by atomic mass is 79.9. The summed E-state index contributed by atoms with van der Waals surface area (Å²) in [4.78, 5) is 13.1. The van der Waals surface area contributed by atoms with E-state index >= 15 is 0 Å². The molecule has 0 heterocycles. The first-order chi connectivity index (χ1) is 23.3. The quantitative estimate of drug-likeness (QED) is 0.148. The van der Waals surface area contributed by atoms with Crippen molar-refractivity contribution >= 4 is 21.8 Å². The van der Waals surface area contributed by atoms with Crippen molar-refractivity contribution in [3.8, 4) is 23.0 Å². The van der Waals surface area contributed by atoms with Crippen LogP contribution in [0.5, 0.6) is 23.0 Å². The van der Waals surface area contributed by atoms with Gasteiger partial charge in [-0.1, -0.05) is 108 Å². The monoisotopic (exact) mass is 705 g/mol. The molecule has 48 heavy (non-hydrogen) atoms. The molecule has 1 aliphatic rings. The molecule has 0 aromatic heterocycles. The average Bonchev–Trinajstić information content (AvgIpc) is 3.08. The fraction of sp³-hybridized carbons (Fsp3) is 0.244. The molecule has 0 unspecified atom stereocenters. The highest BCUT2D eigenvalue weighted by Gasteiger charge is 2.21. The van der Waals surface area contributed by atoms with Gasteiger partial charge in [0.1, 0.15) is 23.0 Å². The molecule has 6 nitrogen and oxygen atoms in total. The number of rotatable bonds is 8. The highest BCUT2D eigenvalue weighted by Crippen LogP contribution is 2.39. The molecule has 8 bridgehead atoms. The molecule has 1 atom stereocenters. The first kappa shape index (κ1) is 33.2. The minimum atomic E-state index is -0.242. The molecule has 246 valence electrons. The van der Waals surface area contributed by atoms with Gasteiger partial charge in [0, 0.05) is 30.2 Å². The molecule has 0 spiro atoms. The second-order valence-corrected chi connectivity index (χ2v) is 13.3. The smallest absolute Gasteiger partial charge is 0.258 e. The van der Waals surface area contributed by atoms with Gasteiger partial charge in [0.05, 0.1) is 12.6 Å². The molecule has 5 aromatic rings. The third-order valence-corrected chi connectivity index (χ3v) is 9.25. The van der Waals surface area contributed by atoms with Crippen molar-refractivity contribution < 1.29 is 24.5 Å². The second kappa shape index (κ2) is 15.0. The fourth-order valence-electron chi connectivity index (χ4n) is 6.39. The normalized spacial score (nSPS) is 13.0. The van der Waals surface area contributed by atoms with E-state index in [1.54, 1.807) is 0 Å². The van der Waals surface area contributed by atoms with Gasteiger partial charge < -0.3 is 25.0 Å². The molecule has 6 rings (SSSR count). The van der Waals surface area contributed by atoms with Crippen molar-refractivity contribution in [1.29, 1.82) is 0 Å². The van der Waals surface area contributed by atoms with E-state index in [0.717, 1.165) is 66.7 Å². The molecule has 0 saturated carbocycles. The van der Waals surface area contributed by atoms with Crippen LogP contribution >= 0.6 is 15.9 Å². The Morgan fingerprint density at radius 1 is 0.688 bits per heavy atom. The summed E-state index contributed by atoms with van der Waals surface area (Å²) in [6.07, 6.45) is 2.55. The van der Waals surface area contributed by atoms with Gasteiger partial charge in [-0.25, -0.2) is 0 Å². The summed E-state index contributed by atoms with van der Waals surface area (Å²) in [5, 5.41) is 26.3. The molecule has 7 heteroatoms. The summed E-state index contributed by atoms with van der Waals surface area (Å²) in [6.45, 7) is 4.40. The maximum Gasteiger partial charge on any atom is 0.258 e. The number of halogens is 1. The molecular formula is C41H40BrNO5. The van der Waals surface area contributed by atoms with Crippen molar-refractivity contribution in [2.75, 3.05) is 13.2 Å². The summed E-state index contributed by atoms with van der Waals surface area (Å²) in [5.74, 6) is 1.56. The third-order valence-electron chi connectivity index (χ3n) is 8.79. The van der Waals surface area contributed by atoms with E-state index in [4.69, 9.17) is 9.47 Å². The van der Waals surface area contributed by atoms with Crippen molar-refractivity contribution in [3.63, 3.8) is 0 Å². The highest BCUT2D eigenvalue weighted by molar-refractivity contribution is 9.10. The molecule has 0 aliphatic heterocycles. The molecule has 5 aromatic carbocycles. The zero-order valence-corrected chi connectivity index (χ0v) is 28.8. The number of ether oxygens (including phenoxy) is 2. The van der Waals surface area contributed by atoms with E-state index in [9.17, 15) is 15.0 Å². The van der Waals surface area contributed by atoms with Gasteiger partial charge >= 0.3 is 0 Å². The summed E-state index contributed by atoms with van der Waals surface area (Å²) in [5.41, 5.74) is 7.64. The zero-order valence-electron chi connectivity index (χ0n) is 27.3. The molecule has 0 radical (unpaired) electrons. The number of benzene rings is 5. The predicted octanol–water partition coefficient (Wildman–Crippen LogP) is 8.58. The number of hydrogen-bond donors (Lipinski definition) is 3. The zero-order chi connectivity index (χ0) is 33.6. The summed E-state index contributed by atoms with van der Waals surface area (Å²) >= 11 is 3.69. The van der Waals surface area contributed by atoms with Crippen LogP contribution in [0.4, 0.5) is 0 Å². The van der Waals surface area contributed by atoms with Crippen LogP contribution < -0.4 is 14.8 Å². The number of amides is 1. The van der Waals surface area contributed by atoms with Crippen LogP contribution in [0.15, 0.2) is 102 Å². The molecule has 0 saturated heterocycles. The lowest BCUT2D eigenvalue weighted by Gasteiger charge is -2.21. The van der Waals surface area contributed by atoms with Gasteiger partial charge in [-0.05, 0) is 75.5 Å². The minimum Gasteiger partial charge on any atom is -0.507 e. The summed E-state index contributed by atoms with van der Waals surface area (Å²) < 4.78 is 13.5. The van der Waals surface area contributed by atoms with E-state index in [-0.39, 0.29) is 30.1 Å². The number of carbonyl (C=O) groups excluding carboxylic acids is 1. The van der Waals surface area contributed by atoms with Crippen LogP contribution in [0.1, 0.15) is 76.4 Å². The second-order valence-electron chi connectivity index (χ2n) is 12.4. The lowest BCUT2D eigenvalue weighted by molar-refractivity contribution is -0.123. The Labute approximate surface area is 290 Å². The van der Waals surface area contributed by atoms with Crippen LogP contribution in [0.25, 0.3) is 0 Å². The van der Waals surface area contributed by atoms with Crippen LogP contribution in [0, 0.1) is 0 Å². The standard InChI is InChI=1S/C41H40BrNO5/c1-3-18-47-40-30-14-8-16-32(40)21-34-23-36(42)24-35(39(34)46)22-33-17-9-15-31(20-29-13-7-12-28(19-30)38(29)45)41(33)48-25-37(44)43-26(2)27-10-5-4-6-11-27/h4-17,23-24,26,45-46H,3,18-22,25H2,1-2H3,(H,43,44)/t26-/m1/s1. The third kappa shape index (κ3) is 7.52. The molecular weight excluding hydrogens is 666 g/mol. The van der Waals surface area contributed by atoms with Crippen molar-refractivity contribution in [3.05, 3.63) is 152 Å². The van der Waals surface area contributed by atoms with E-state index in [2.05, 4.69) is 28.2 Å². The maximum absolute atomic E-state index is 13.1. The Kier molecular flexibility index (Phi) is 10.4. The lowest BCUT2D eigenvalue weighted by atomic mass is 9.91. The molecule has 1 amide bonds. The summed E-state index contributed by atoms with van der Waals surface area (Å²) in [7, 11) is 0. The first-order valence-electron chi connectivity index (χ1n) is 16.4. The Morgan fingerprint density at radius 3 is 1.67 bits per heavy atom. The average molecular weight is 707 g/mol. The Balaban J connectivity index is 1.41. The number of phenols is 2. The van der Waals surface area contributed by atoms with E-state index in [1.165, 1.54) is 0 Å². The van der Waals surface area contributed by atoms with Gasteiger partial charge in [-0.15, -0.1) is 0 Å². The predicted molar refractivity (Wildman–Crippen MR) is 192 cm³/mol. The Hall–Kier alpha value is -4.75. The van der Waals surface area contributed by atoms with Gasteiger partial charge in [0.2, 0.25) is 0 Å². The number of para-hydroxylation sites is 3. The first-order valence-corrected chi connectivity index (χ1v) is 17.2. The number of fused-ring (bicyclic) bond motifs is 8. The minimum absolute atomic E-state index is 0.181. The molecule has 3 N–H and O–H groups in total. The fourth-order valence-corrected chi connectivity index (χ4v) is 6.94. The van der Waals surface area contributed by atoms with Crippen LogP contribution in [0.3, 0.4) is 0 Å². The summed E-state index contributed by atoms with van der Waals surface area (Å²) in [6, 6.07) is 31.3. The van der Waals surface area contributed by atoms with Crippen molar-refractivity contribution in [2.45, 2.75) is 52.0 Å². The van der Waals surface area contributed by atoms with Crippen LogP contribution in [0.2, 0.25) is 0 Å². The largest absolute Gasteiger partial charge is 0.507 e. The number of nitrogens with one attached hydrogen (secondary N) is 1. The number of phenolic OH excluding ortho intramolecular Hbond substituents is 2. The van der Waals surface area contributed by atoms with Crippen LogP contribution in [-0.4, -0.2) is 29.3 Å². The number of hydrogen-bond acceptors (Lipinski definition) is 5. The van der Waals surface area contributed by atoms with Crippen molar-refractivity contribution in [1.82, 2.24) is 5.32 Å². The van der Waals surface area contributed by atoms with E-state index in [1.807, 2.05) is 104 Å². The van der Waals surface area contributed by atoms with Gasteiger partial charge in [-0.2, -0.15) is 0 Å². The van der Waals surface area contributed by atoms with Gasteiger partial charge in [0.15, 0.2) is 6.61 Å². The number of carbonyl (C=O) groups is 1. The Morgan fingerprint density at radius 2 is 1.15 bits per heavy atom. The van der Waals surface area contributed by atoms with Crippen molar-refractivity contribution in [2.24, 2.45) is 0 Å². The Bertz CT molecular complexity index is 1920. The number of aromatic hydroxyl groups is 2. The van der Waals surface area contributed by atoms with E-state index in [0.29, 0.717) is 38.0 Å². The lowest BCUT2D eigenvalue weighted by Crippen LogP contribution is -2.31.